The fraction of sp³-hybridized carbons (Fsp3) is 0.667. The molecule has 0 aromatic carbocycles. The lowest BCUT2D eigenvalue weighted by molar-refractivity contribution is -0.156. The van der Waals surface area contributed by atoms with Crippen molar-refractivity contribution in [1.29, 1.82) is 0 Å². The summed E-state index contributed by atoms with van der Waals surface area (Å²) in [6.45, 7) is 6.15. The van der Waals surface area contributed by atoms with Crippen molar-refractivity contribution in [2.75, 3.05) is 34.5 Å². The molecule has 0 spiro atoms. The van der Waals surface area contributed by atoms with Gasteiger partial charge in [-0.3, -0.25) is 33.7 Å². The van der Waals surface area contributed by atoms with Gasteiger partial charge in [0.15, 0.2) is 4.87 Å². The van der Waals surface area contributed by atoms with Gasteiger partial charge in [-0.15, -0.1) is 11.8 Å². The lowest BCUT2D eigenvalue weighted by Crippen LogP contribution is -2.52. The van der Waals surface area contributed by atoms with Gasteiger partial charge >= 0.3 is 23.9 Å². The van der Waals surface area contributed by atoms with Crippen LogP contribution in [0.4, 0.5) is 0 Å². The van der Waals surface area contributed by atoms with Gasteiger partial charge in [-0.1, -0.05) is 0 Å². The predicted molar refractivity (Wildman–Crippen MR) is 258 cm³/mol. The van der Waals surface area contributed by atoms with E-state index >= 15 is 0 Å². The molecule has 0 saturated heterocycles. The monoisotopic (exact) mass is 1040 g/mol. The number of aliphatic carboxylic acids is 4. The number of thioether (sulfide) groups is 1. The summed E-state index contributed by atoms with van der Waals surface area (Å²) in [7, 11) is 0. The van der Waals surface area contributed by atoms with E-state index < -0.39 is 103 Å². The number of carboxylic acid groups (broad SMARTS) is 4. The molecule has 0 aliphatic rings. The SMILES string of the molecule is CC(S)C(=O)NC(CS)C(N)=O.CC(S)C(=O)N[C@@H](CS)C(=O)O.C[C@@H](S)C(=O)N(C(=O)CCS[C@@](N)(CS)C(=O)O)[C@@H](CS)C(=O)O.C[C@H](S)C(=O)NC(CS)C(=O)O. The van der Waals surface area contributed by atoms with Gasteiger partial charge in [0.25, 0.3) is 0 Å². The van der Waals surface area contributed by atoms with Crippen LogP contribution >= 0.6 is 125 Å². The summed E-state index contributed by atoms with van der Waals surface area (Å²) in [5.41, 5.74) is 10.6. The second kappa shape index (κ2) is 34.8. The molecular weight excluding hydrogens is 989 g/mol. The standard InChI is InChI=1S/C12H20N2O6S4.C6H12N2O2S2.2C6H11NO3S2/c1-6(23)9(16)14(7(4-21)10(17)18)8(15)2-3-24-12(13,5-22)11(19)20;1-3(12)6(10)8-4(2-11)5(7)9;2*1-3(12)5(8)7-4(2-11)6(9)10/h6-7,21-23H,2-5,13H2,1H3,(H,17,18)(H,19,20);3-4,11-12H,2H2,1H3,(H2,7,9)(H,8,10);2*3-4,11-12H,2H2,1H3,(H,7,8)(H,9,10)/t6-,7+,12+;;3?,4-;3-,4?/m1.00/s1. The smallest absolute Gasteiger partial charge is 0.335 e. The molecule has 0 aromatic rings. The van der Waals surface area contributed by atoms with Crippen LogP contribution in [0.3, 0.4) is 0 Å². The van der Waals surface area contributed by atoms with Crippen LogP contribution in [0.25, 0.3) is 0 Å². The van der Waals surface area contributed by atoms with Crippen LogP contribution in [0.2, 0.25) is 0 Å². The minimum absolute atomic E-state index is 0.0220. The number of nitrogens with one attached hydrogen (secondary N) is 3. The predicted octanol–water partition coefficient (Wildman–Crippen LogP) is -1.35. The Labute approximate surface area is 401 Å². The van der Waals surface area contributed by atoms with Gasteiger partial charge in [-0.25, -0.2) is 19.2 Å². The molecule has 0 heterocycles. The van der Waals surface area contributed by atoms with Crippen LogP contribution < -0.4 is 27.4 Å². The Kier molecular flexibility index (Phi) is 37.7. The Morgan fingerprint density at radius 1 is 0.600 bits per heavy atom. The van der Waals surface area contributed by atoms with Gasteiger partial charge in [0.05, 0.1) is 21.0 Å². The number of imide groups is 1. The van der Waals surface area contributed by atoms with E-state index in [2.05, 4.69) is 130 Å². The molecule has 6 amide bonds. The van der Waals surface area contributed by atoms with E-state index in [1.54, 1.807) is 20.8 Å². The zero-order valence-electron chi connectivity index (χ0n) is 32.5. The van der Waals surface area contributed by atoms with Crippen molar-refractivity contribution < 1.29 is 68.4 Å². The van der Waals surface area contributed by atoms with Gasteiger partial charge in [-0.2, -0.15) is 114 Å². The lowest BCUT2D eigenvalue weighted by Gasteiger charge is -2.28. The molecule has 348 valence electrons. The largest absolute Gasteiger partial charge is 0.480 e. The van der Waals surface area contributed by atoms with Gasteiger partial charge in [0.2, 0.25) is 35.4 Å². The Hall–Kier alpha value is -1.64. The van der Waals surface area contributed by atoms with Crippen LogP contribution in [0.1, 0.15) is 34.1 Å². The molecule has 4 unspecified atom stereocenters. The quantitative estimate of drug-likeness (QED) is 0.0440. The summed E-state index contributed by atoms with van der Waals surface area (Å²) in [5, 5.41) is 39.8. The van der Waals surface area contributed by atoms with Crippen molar-refractivity contribution in [3.05, 3.63) is 0 Å². The fourth-order valence-corrected chi connectivity index (χ4v) is 5.69. The van der Waals surface area contributed by atoms with E-state index in [0.29, 0.717) is 4.90 Å². The number of hydrogen-bond acceptors (Lipinski definition) is 21. The van der Waals surface area contributed by atoms with Crippen molar-refractivity contribution >= 4 is 185 Å². The second-order valence-electron chi connectivity index (χ2n) is 11.6. The zero-order chi connectivity index (χ0) is 48.2. The molecule has 60 heavy (non-hydrogen) atoms. The Morgan fingerprint density at radius 2 is 0.950 bits per heavy atom. The molecular formula is C30H54N6O14S10. The lowest BCUT2D eigenvalue weighted by atomic mass is 10.2. The maximum absolute atomic E-state index is 12.3. The Bertz CT molecular complexity index is 1360. The van der Waals surface area contributed by atoms with E-state index in [4.69, 9.17) is 31.9 Å². The van der Waals surface area contributed by atoms with Crippen LogP contribution in [0.15, 0.2) is 0 Å². The topological polar surface area (TPSA) is 343 Å². The van der Waals surface area contributed by atoms with E-state index in [1.807, 2.05) is 0 Å². The highest BCUT2D eigenvalue weighted by atomic mass is 32.2. The molecule has 0 rings (SSSR count). The van der Waals surface area contributed by atoms with Gasteiger partial charge < -0.3 is 47.8 Å². The van der Waals surface area contributed by atoms with Crippen molar-refractivity contribution in [2.45, 2.75) is 84.2 Å². The minimum Gasteiger partial charge on any atom is -0.480 e. The number of carbonyl (C=O) groups is 10. The van der Waals surface area contributed by atoms with E-state index in [0.717, 1.165) is 11.8 Å². The number of hydrogen-bond donors (Lipinski definition) is 18. The molecule has 0 radical (unpaired) electrons. The first-order chi connectivity index (χ1) is 27.5. The highest BCUT2D eigenvalue weighted by molar-refractivity contribution is 8.02. The number of nitrogens with zero attached hydrogens (tertiary/aromatic N) is 1. The summed E-state index contributed by atoms with van der Waals surface area (Å²) in [6, 6.07) is -4.01. The van der Waals surface area contributed by atoms with Gasteiger partial charge in [-0.05, 0) is 27.7 Å². The summed E-state index contributed by atoms with van der Waals surface area (Å²) < 4.78 is 0. The maximum Gasteiger partial charge on any atom is 0.335 e. The van der Waals surface area contributed by atoms with E-state index in [1.165, 1.54) is 6.92 Å². The van der Waals surface area contributed by atoms with Crippen LogP contribution in [0, 0.1) is 0 Å². The summed E-state index contributed by atoms with van der Waals surface area (Å²) in [6.07, 6.45) is -0.269. The van der Waals surface area contributed by atoms with Gasteiger partial charge in [0.1, 0.15) is 24.2 Å². The number of primary amides is 1. The first kappa shape index (κ1) is 65.0. The fourth-order valence-electron chi connectivity index (χ4n) is 2.99. The normalized spacial score (nSPS) is 15.3. The Morgan fingerprint density at radius 3 is 1.17 bits per heavy atom. The first-order valence-corrected chi connectivity index (χ1v) is 22.9. The number of nitrogens with two attached hydrogens (primary N) is 2. The third-order valence-electron chi connectivity index (χ3n) is 6.48. The van der Waals surface area contributed by atoms with Crippen molar-refractivity contribution in [2.24, 2.45) is 11.5 Å². The second-order valence-corrected chi connectivity index (χ2v) is 17.9. The average Bonchev–Trinajstić information content (AvgIpc) is 3.15. The van der Waals surface area contributed by atoms with E-state index in [9.17, 15) is 47.9 Å². The van der Waals surface area contributed by atoms with Gasteiger partial charge in [0, 0.05) is 40.9 Å². The third kappa shape index (κ3) is 28.1. The van der Waals surface area contributed by atoms with Crippen molar-refractivity contribution in [3.8, 4) is 0 Å². The number of carboxylic acids is 4. The van der Waals surface area contributed by atoms with Crippen molar-refractivity contribution in [1.82, 2.24) is 20.9 Å². The van der Waals surface area contributed by atoms with Crippen LogP contribution in [-0.4, -0.2) is 169 Å². The highest BCUT2D eigenvalue weighted by Crippen LogP contribution is 2.23. The van der Waals surface area contributed by atoms with Crippen LogP contribution in [-0.2, 0) is 47.9 Å². The molecule has 0 saturated carbocycles. The van der Waals surface area contributed by atoms with Crippen LogP contribution in [0.5, 0.6) is 0 Å². The molecule has 30 heteroatoms. The average molecular weight is 1040 g/mol. The molecule has 9 atom stereocenters. The summed E-state index contributed by atoms with van der Waals surface area (Å²) in [4.78, 5) is 110. The Balaban J connectivity index is -0.000000371. The molecule has 11 N–H and O–H groups in total. The molecule has 0 bridgehead atoms. The maximum atomic E-state index is 12.3. The molecule has 0 aliphatic carbocycles. The molecule has 0 aromatic heterocycles. The molecule has 0 aliphatic heterocycles. The summed E-state index contributed by atoms with van der Waals surface area (Å²) in [5.74, 6) is -8.19. The van der Waals surface area contributed by atoms with Crippen molar-refractivity contribution in [3.63, 3.8) is 0 Å². The van der Waals surface area contributed by atoms with E-state index in [-0.39, 0.29) is 46.8 Å². The molecule has 20 nitrogen and oxygen atoms in total. The first-order valence-electron chi connectivity index (χ1n) is 16.7. The number of carbonyl (C=O) groups excluding carboxylic acids is 6. The number of thiol groups is 9. The number of amides is 6. The highest BCUT2D eigenvalue weighted by Gasteiger charge is 2.37. The summed E-state index contributed by atoms with van der Waals surface area (Å²) >= 11 is 35.4. The molecule has 0 fully saturated rings. The zero-order valence-corrected chi connectivity index (χ0v) is 41.3. The minimum atomic E-state index is -1.68. The third-order valence-corrected chi connectivity index (χ3v) is 10.8. The number of rotatable bonds is 22.